The third-order valence-corrected chi connectivity index (χ3v) is 5.44. The van der Waals surface area contributed by atoms with Crippen LogP contribution in [0.15, 0.2) is 5.38 Å². The van der Waals surface area contributed by atoms with Gasteiger partial charge < -0.3 is 20.5 Å². The number of halogens is 1. The molecule has 25 heavy (non-hydrogen) atoms. The molecule has 2 atom stereocenters. The lowest BCUT2D eigenvalue weighted by Crippen LogP contribution is -2.42. The molecule has 0 unspecified atom stereocenters. The normalized spacial score (nSPS) is 22.5. The summed E-state index contributed by atoms with van der Waals surface area (Å²) in [5.74, 6) is 1.35. The fourth-order valence-electron chi connectivity index (χ4n) is 3.34. The van der Waals surface area contributed by atoms with Gasteiger partial charge in [0.05, 0.1) is 6.54 Å². The van der Waals surface area contributed by atoms with E-state index in [1.165, 1.54) is 11.3 Å². The zero-order valence-corrected chi connectivity index (χ0v) is 16.0. The van der Waals surface area contributed by atoms with Gasteiger partial charge in [0.15, 0.2) is 11.5 Å². The summed E-state index contributed by atoms with van der Waals surface area (Å²) < 4.78 is 11.1. The molecule has 0 aromatic carbocycles. The number of nitrogens with zero attached hydrogens (tertiary/aromatic N) is 1. The Balaban J connectivity index is 0.00000225. The summed E-state index contributed by atoms with van der Waals surface area (Å²) in [6, 6.07) is -0.0147. The third kappa shape index (κ3) is 4.37. The first-order chi connectivity index (χ1) is 11.5. The fraction of sp³-hybridized carbons (Fsp3) is 0.625. The predicted octanol–water partition coefficient (Wildman–Crippen LogP) is 1.11. The largest absolute Gasteiger partial charge is 0.485 e. The van der Waals surface area contributed by atoms with Crippen LogP contribution in [0.2, 0.25) is 0 Å². The number of hydrogen-bond acceptors (Lipinski definition) is 6. The highest BCUT2D eigenvalue weighted by molar-refractivity contribution is 7.12. The van der Waals surface area contributed by atoms with Gasteiger partial charge in [0, 0.05) is 24.5 Å². The average molecular weight is 390 g/mol. The highest BCUT2D eigenvalue weighted by Crippen LogP contribution is 2.39. The van der Waals surface area contributed by atoms with Gasteiger partial charge in [-0.3, -0.25) is 14.5 Å². The van der Waals surface area contributed by atoms with Crippen molar-refractivity contribution in [2.75, 3.05) is 32.8 Å². The van der Waals surface area contributed by atoms with Crippen molar-refractivity contribution in [3.63, 3.8) is 0 Å². The van der Waals surface area contributed by atoms with Gasteiger partial charge in [-0.05, 0) is 11.8 Å². The van der Waals surface area contributed by atoms with Gasteiger partial charge in [0.2, 0.25) is 5.91 Å². The lowest BCUT2D eigenvalue weighted by atomic mass is 9.91. The fourth-order valence-corrected chi connectivity index (χ4v) is 4.18. The molecular formula is C16H24ClN3O4S. The molecule has 1 aromatic heterocycles. The molecule has 2 amide bonds. The van der Waals surface area contributed by atoms with Crippen LogP contribution < -0.4 is 20.5 Å². The highest BCUT2D eigenvalue weighted by Gasteiger charge is 2.37. The van der Waals surface area contributed by atoms with Gasteiger partial charge >= 0.3 is 0 Å². The second kappa shape index (κ2) is 8.25. The van der Waals surface area contributed by atoms with Gasteiger partial charge in [0.25, 0.3) is 5.91 Å². The van der Waals surface area contributed by atoms with E-state index in [0.717, 1.165) is 6.54 Å². The van der Waals surface area contributed by atoms with Crippen LogP contribution in [-0.2, 0) is 4.79 Å². The number of rotatable bonds is 5. The maximum Gasteiger partial charge on any atom is 0.265 e. The van der Waals surface area contributed by atoms with Crippen molar-refractivity contribution in [3.05, 3.63) is 10.3 Å². The summed E-state index contributed by atoms with van der Waals surface area (Å²) >= 11 is 1.33. The van der Waals surface area contributed by atoms with Crippen molar-refractivity contribution in [2.24, 2.45) is 17.6 Å². The van der Waals surface area contributed by atoms with Crippen LogP contribution in [0.25, 0.3) is 0 Å². The zero-order chi connectivity index (χ0) is 17.3. The van der Waals surface area contributed by atoms with Crippen LogP contribution in [0, 0.1) is 11.8 Å². The molecule has 0 spiro atoms. The van der Waals surface area contributed by atoms with E-state index in [0.29, 0.717) is 42.1 Å². The van der Waals surface area contributed by atoms with Gasteiger partial charge in [-0.1, -0.05) is 13.8 Å². The number of carbonyl (C=O) groups is 2. The quantitative estimate of drug-likeness (QED) is 0.786. The van der Waals surface area contributed by atoms with Crippen LogP contribution in [0.3, 0.4) is 0 Å². The third-order valence-electron chi connectivity index (χ3n) is 4.50. The van der Waals surface area contributed by atoms with Gasteiger partial charge in [-0.2, -0.15) is 0 Å². The number of hydrogen-bond donors (Lipinski definition) is 2. The van der Waals surface area contributed by atoms with E-state index in [1.807, 2.05) is 4.90 Å². The molecule has 140 valence electrons. The first-order valence-electron chi connectivity index (χ1n) is 8.14. The van der Waals surface area contributed by atoms with E-state index >= 15 is 0 Å². The number of thiophene rings is 1. The van der Waals surface area contributed by atoms with E-state index in [-0.39, 0.29) is 42.7 Å². The number of amides is 2. The molecule has 1 aromatic rings. The minimum absolute atomic E-state index is 0. The number of nitrogens with two attached hydrogens (primary N) is 1. The second-order valence-corrected chi connectivity index (χ2v) is 7.48. The molecule has 2 aliphatic rings. The second-order valence-electron chi connectivity index (χ2n) is 6.60. The van der Waals surface area contributed by atoms with E-state index in [4.69, 9.17) is 15.2 Å². The minimum atomic E-state index is -0.345. The summed E-state index contributed by atoms with van der Waals surface area (Å²) in [4.78, 5) is 26.4. The molecule has 3 N–H and O–H groups in total. The van der Waals surface area contributed by atoms with Crippen molar-refractivity contribution in [2.45, 2.75) is 19.9 Å². The number of likely N-dealkylation sites (tertiary alicyclic amines) is 1. The van der Waals surface area contributed by atoms with Crippen LogP contribution in [0.1, 0.15) is 23.5 Å². The Morgan fingerprint density at radius 2 is 2.08 bits per heavy atom. The monoisotopic (exact) mass is 389 g/mol. The highest BCUT2D eigenvalue weighted by atomic mass is 35.5. The van der Waals surface area contributed by atoms with E-state index in [1.54, 1.807) is 5.38 Å². The topological polar surface area (TPSA) is 93.9 Å². The molecular weight excluding hydrogens is 366 g/mol. The predicted molar refractivity (Wildman–Crippen MR) is 97.8 cm³/mol. The van der Waals surface area contributed by atoms with Gasteiger partial charge in [0.1, 0.15) is 18.1 Å². The van der Waals surface area contributed by atoms with E-state index < -0.39 is 0 Å². The van der Waals surface area contributed by atoms with Crippen LogP contribution in [-0.4, -0.2) is 55.6 Å². The Labute approximate surface area is 157 Å². The number of carbonyl (C=O) groups excluding carboxylic acids is 2. The molecule has 1 fully saturated rings. The molecule has 0 aliphatic carbocycles. The SMILES string of the molecule is CC(C)[C@H]1CN(CC(N)=O)C[C@@H]1NC(=O)c1scc2c1OCCO2.Cl. The summed E-state index contributed by atoms with van der Waals surface area (Å²) in [6.45, 7) is 6.82. The zero-order valence-electron chi connectivity index (χ0n) is 14.3. The Bertz CT molecular complexity index is 637. The van der Waals surface area contributed by atoms with Crippen molar-refractivity contribution in [3.8, 4) is 11.5 Å². The van der Waals surface area contributed by atoms with E-state index in [2.05, 4.69) is 19.2 Å². The van der Waals surface area contributed by atoms with Gasteiger partial charge in [-0.15, -0.1) is 23.7 Å². The first kappa shape index (κ1) is 19.8. The maximum absolute atomic E-state index is 12.7. The van der Waals surface area contributed by atoms with Crippen molar-refractivity contribution in [1.29, 1.82) is 0 Å². The van der Waals surface area contributed by atoms with Crippen molar-refractivity contribution >= 4 is 35.6 Å². The lowest BCUT2D eigenvalue weighted by molar-refractivity contribution is -0.118. The minimum Gasteiger partial charge on any atom is -0.485 e. The first-order valence-corrected chi connectivity index (χ1v) is 9.02. The summed E-state index contributed by atoms with van der Waals surface area (Å²) in [6.07, 6.45) is 0. The number of nitrogens with one attached hydrogen (secondary N) is 1. The van der Waals surface area contributed by atoms with Crippen LogP contribution in [0.4, 0.5) is 0 Å². The molecule has 3 heterocycles. The lowest BCUT2D eigenvalue weighted by Gasteiger charge is -2.23. The standard InChI is InChI=1S/C16H23N3O4S.ClH/c1-9(2)10-5-19(7-13(17)20)6-11(10)18-16(21)15-14-12(8-24-15)22-3-4-23-14;/h8-11H,3-7H2,1-2H3,(H2,17,20)(H,18,21);1H/t10-,11+;/m1./s1. The van der Waals surface area contributed by atoms with E-state index in [9.17, 15) is 9.59 Å². The molecule has 0 radical (unpaired) electrons. The molecule has 3 rings (SSSR count). The Kier molecular flexibility index (Phi) is 6.53. The number of fused-ring (bicyclic) bond motifs is 1. The molecule has 2 aliphatic heterocycles. The maximum atomic E-state index is 12.7. The molecule has 7 nitrogen and oxygen atoms in total. The molecule has 0 bridgehead atoms. The van der Waals surface area contributed by atoms with Crippen LogP contribution in [0.5, 0.6) is 11.5 Å². The average Bonchev–Trinajstić information content (AvgIpc) is 3.10. The van der Waals surface area contributed by atoms with Crippen molar-refractivity contribution < 1.29 is 19.1 Å². The molecule has 9 heteroatoms. The summed E-state index contributed by atoms with van der Waals surface area (Å²) in [5.41, 5.74) is 5.30. The summed E-state index contributed by atoms with van der Waals surface area (Å²) in [5, 5.41) is 4.91. The Morgan fingerprint density at radius 1 is 1.36 bits per heavy atom. The Morgan fingerprint density at radius 3 is 2.76 bits per heavy atom. The van der Waals surface area contributed by atoms with Crippen molar-refractivity contribution in [1.82, 2.24) is 10.2 Å². The van der Waals surface area contributed by atoms with Gasteiger partial charge in [-0.25, -0.2) is 0 Å². The smallest absolute Gasteiger partial charge is 0.265 e. The summed E-state index contributed by atoms with van der Waals surface area (Å²) in [7, 11) is 0. The molecule has 0 saturated carbocycles. The Hall–Kier alpha value is -1.51. The van der Waals surface area contributed by atoms with Crippen LogP contribution >= 0.6 is 23.7 Å². The number of ether oxygens (including phenoxy) is 2. The molecule has 1 saturated heterocycles. The number of primary amides is 1.